The summed E-state index contributed by atoms with van der Waals surface area (Å²) in [5, 5.41) is 0. The van der Waals surface area contributed by atoms with Crippen LogP contribution in [-0.4, -0.2) is 24.5 Å². The number of hydrogen-bond donors (Lipinski definition) is 0. The molecular formula is C10H21N. The number of nitrogens with zero attached hydrogens (tertiary/aromatic N) is 1. The summed E-state index contributed by atoms with van der Waals surface area (Å²) in [7, 11) is 2.26. The number of likely N-dealkylation sites (tertiary alicyclic amines) is 1. The molecule has 1 rings (SSSR count). The topological polar surface area (TPSA) is 3.24 Å². The SMILES string of the molecule is CC1CCN(C)C(C(C)C)C1. The molecule has 1 aliphatic rings. The molecule has 11 heavy (non-hydrogen) atoms. The largest absolute Gasteiger partial charge is 0.303 e. The van der Waals surface area contributed by atoms with Crippen LogP contribution in [0.4, 0.5) is 0 Å². The Bertz CT molecular complexity index is 120. The van der Waals surface area contributed by atoms with Crippen molar-refractivity contribution < 1.29 is 0 Å². The van der Waals surface area contributed by atoms with Gasteiger partial charge in [-0.25, -0.2) is 0 Å². The van der Waals surface area contributed by atoms with E-state index in [1.165, 1.54) is 19.4 Å². The maximum atomic E-state index is 2.52. The second-order valence-corrected chi connectivity index (χ2v) is 4.42. The zero-order valence-corrected chi connectivity index (χ0v) is 8.30. The van der Waals surface area contributed by atoms with Crippen LogP contribution in [0.5, 0.6) is 0 Å². The van der Waals surface area contributed by atoms with E-state index in [-0.39, 0.29) is 0 Å². The lowest BCUT2D eigenvalue weighted by atomic mass is 9.87. The summed E-state index contributed by atoms with van der Waals surface area (Å²) in [4.78, 5) is 2.52. The molecule has 1 fully saturated rings. The molecule has 0 spiro atoms. The van der Waals surface area contributed by atoms with E-state index in [9.17, 15) is 0 Å². The number of piperidine rings is 1. The Morgan fingerprint density at radius 2 is 2.00 bits per heavy atom. The number of hydrogen-bond acceptors (Lipinski definition) is 1. The van der Waals surface area contributed by atoms with Crippen molar-refractivity contribution in [1.82, 2.24) is 4.90 Å². The summed E-state index contributed by atoms with van der Waals surface area (Å²) < 4.78 is 0. The van der Waals surface area contributed by atoms with E-state index < -0.39 is 0 Å². The average molecular weight is 155 g/mol. The standard InChI is InChI=1S/C10H21N/c1-8(2)10-7-9(3)5-6-11(10)4/h8-10H,5-7H2,1-4H3. The van der Waals surface area contributed by atoms with Crippen LogP contribution in [0, 0.1) is 11.8 Å². The van der Waals surface area contributed by atoms with E-state index in [1.807, 2.05) is 0 Å². The molecule has 0 bridgehead atoms. The van der Waals surface area contributed by atoms with Crippen LogP contribution >= 0.6 is 0 Å². The van der Waals surface area contributed by atoms with Crippen LogP contribution in [0.15, 0.2) is 0 Å². The minimum atomic E-state index is 0.822. The van der Waals surface area contributed by atoms with E-state index in [0.717, 1.165) is 17.9 Å². The van der Waals surface area contributed by atoms with Crippen molar-refractivity contribution in [2.45, 2.75) is 39.7 Å². The third-order valence-electron chi connectivity index (χ3n) is 2.95. The van der Waals surface area contributed by atoms with Gasteiger partial charge in [-0.15, -0.1) is 0 Å². The van der Waals surface area contributed by atoms with Crippen molar-refractivity contribution in [3.63, 3.8) is 0 Å². The normalized spacial score (nSPS) is 34.6. The zero-order chi connectivity index (χ0) is 8.43. The van der Waals surface area contributed by atoms with Gasteiger partial charge >= 0.3 is 0 Å². The Morgan fingerprint density at radius 1 is 1.36 bits per heavy atom. The third kappa shape index (κ3) is 2.19. The molecule has 0 radical (unpaired) electrons. The van der Waals surface area contributed by atoms with E-state index >= 15 is 0 Å². The molecule has 0 N–H and O–H groups in total. The fourth-order valence-corrected chi connectivity index (χ4v) is 2.08. The molecule has 1 nitrogen and oxygen atoms in total. The van der Waals surface area contributed by atoms with Gasteiger partial charge in [0.25, 0.3) is 0 Å². The van der Waals surface area contributed by atoms with Gasteiger partial charge in [0.05, 0.1) is 0 Å². The predicted molar refractivity (Wildman–Crippen MR) is 49.7 cm³/mol. The second kappa shape index (κ2) is 3.57. The van der Waals surface area contributed by atoms with Crippen molar-refractivity contribution >= 4 is 0 Å². The predicted octanol–water partition coefficient (Wildman–Crippen LogP) is 2.37. The first-order valence-corrected chi connectivity index (χ1v) is 4.81. The van der Waals surface area contributed by atoms with Gasteiger partial charge in [0.1, 0.15) is 0 Å². The molecular weight excluding hydrogens is 134 g/mol. The summed E-state index contributed by atoms with van der Waals surface area (Å²) in [6.07, 6.45) is 2.79. The highest BCUT2D eigenvalue weighted by Gasteiger charge is 2.25. The Balaban J connectivity index is 2.47. The fraction of sp³-hybridized carbons (Fsp3) is 1.00. The minimum absolute atomic E-state index is 0.822. The highest BCUT2D eigenvalue weighted by atomic mass is 15.1. The Kier molecular flexibility index (Phi) is 2.94. The maximum Gasteiger partial charge on any atom is 0.0118 e. The van der Waals surface area contributed by atoms with Gasteiger partial charge in [0, 0.05) is 6.04 Å². The lowest BCUT2D eigenvalue weighted by Gasteiger charge is -2.38. The van der Waals surface area contributed by atoms with Crippen molar-refractivity contribution in [2.24, 2.45) is 11.8 Å². The molecule has 2 unspecified atom stereocenters. The van der Waals surface area contributed by atoms with Gasteiger partial charge in [0.2, 0.25) is 0 Å². The minimum Gasteiger partial charge on any atom is -0.303 e. The van der Waals surface area contributed by atoms with Crippen LogP contribution in [0.25, 0.3) is 0 Å². The Hall–Kier alpha value is -0.0400. The first-order chi connectivity index (χ1) is 5.11. The molecule has 0 aliphatic carbocycles. The molecule has 1 heterocycles. The van der Waals surface area contributed by atoms with Crippen LogP contribution < -0.4 is 0 Å². The fourth-order valence-electron chi connectivity index (χ4n) is 2.08. The molecule has 0 aromatic rings. The molecule has 0 aromatic heterocycles. The van der Waals surface area contributed by atoms with Crippen molar-refractivity contribution in [3.8, 4) is 0 Å². The smallest absolute Gasteiger partial charge is 0.0118 e. The maximum absolute atomic E-state index is 2.52. The van der Waals surface area contributed by atoms with Gasteiger partial charge in [-0.05, 0) is 38.3 Å². The molecule has 2 atom stereocenters. The molecule has 0 aromatic carbocycles. The summed E-state index contributed by atoms with van der Waals surface area (Å²) in [5.41, 5.74) is 0. The van der Waals surface area contributed by atoms with Crippen LogP contribution in [0.3, 0.4) is 0 Å². The monoisotopic (exact) mass is 155 g/mol. The van der Waals surface area contributed by atoms with Crippen LogP contribution in [-0.2, 0) is 0 Å². The van der Waals surface area contributed by atoms with Gasteiger partial charge < -0.3 is 4.90 Å². The highest BCUT2D eigenvalue weighted by molar-refractivity contribution is 4.79. The molecule has 1 aliphatic heterocycles. The van der Waals surface area contributed by atoms with Crippen LogP contribution in [0.2, 0.25) is 0 Å². The quantitative estimate of drug-likeness (QED) is 0.562. The highest BCUT2D eigenvalue weighted by Crippen LogP contribution is 2.25. The summed E-state index contributed by atoms with van der Waals surface area (Å²) in [6.45, 7) is 8.34. The Morgan fingerprint density at radius 3 is 2.45 bits per heavy atom. The average Bonchev–Trinajstić information content (AvgIpc) is 1.94. The van der Waals surface area contributed by atoms with E-state index in [4.69, 9.17) is 0 Å². The third-order valence-corrected chi connectivity index (χ3v) is 2.95. The first kappa shape index (κ1) is 9.05. The zero-order valence-electron chi connectivity index (χ0n) is 8.30. The Labute approximate surface area is 70.8 Å². The van der Waals surface area contributed by atoms with Crippen molar-refractivity contribution in [2.75, 3.05) is 13.6 Å². The van der Waals surface area contributed by atoms with E-state index in [1.54, 1.807) is 0 Å². The number of rotatable bonds is 1. The summed E-state index contributed by atoms with van der Waals surface area (Å²) >= 11 is 0. The van der Waals surface area contributed by atoms with Crippen molar-refractivity contribution in [1.29, 1.82) is 0 Å². The van der Waals surface area contributed by atoms with E-state index in [0.29, 0.717) is 0 Å². The van der Waals surface area contributed by atoms with E-state index in [2.05, 4.69) is 32.7 Å². The molecule has 1 saturated heterocycles. The van der Waals surface area contributed by atoms with Gasteiger partial charge in [-0.3, -0.25) is 0 Å². The molecule has 66 valence electrons. The lowest BCUT2D eigenvalue weighted by molar-refractivity contribution is 0.113. The molecule has 0 amide bonds. The molecule has 0 saturated carbocycles. The summed E-state index contributed by atoms with van der Waals surface area (Å²) in [5.74, 6) is 1.77. The summed E-state index contributed by atoms with van der Waals surface area (Å²) in [6, 6.07) is 0.832. The van der Waals surface area contributed by atoms with Gasteiger partial charge in [0.15, 0.2) is 0 Å². The lowest BCUT2D eigenvalue weighted by Crippen LogP contribution is -2.42. The first-order valence-electron chi connectivity index (χ1n) is 4.81. The van der Waals surface area contributed by atoms with Gasteiger partial charge in [-0.1, -0.05) is 20.8 Å². The van der Waals surface area contributed by atoms with Crippen LogP contribution in [0.1, 0.15) is 33.6 Å². The molecule has 1 heteroatoms. The van der Waals surface area contributed by atoms with Gasteiger partial charge in [-0.2, -0.15) is 0 Å². The second-order valence-electron chi connectivity index (χ2n) is 4.42. The van der Waals surface area contributed by atoms with Crippen molar-refractivity contribution in [3.05, 3.63) is 0 Å².